The van der Waals surface area contributed by atoms with Crippen molar-refractivity contribution in [3.8, 4) is 11.5 Å². The summed E-state index contributed by atoms with van der Waals surface area (Å²) in [5, 5.41) is 15.5. The van der Waals surface area contributed by atoms with Gasteiger partial charge < -0.3 is 19.9 Å². The molecular weight excluding hydrogens is 343 g/mol. The van der Waals surface area contributed by atoms with Gasteiger partial charge in [0.2, 0.25) is 6.79 Å². The van der Waals surface area contributed by atoms with Gasteiger partial charge in [-0.15, -0.1) is 0 Å². The van der Waals surface area contributed by atoms with Crippen molar-refractivity contribution in [3.63, 3.8) is 0 Å². The highest BCUT2D eigenvalue weighted by molar-refractivity contribution is 5.86. The third-order valence-corrected chi connectivity index (χ3v) is 4.21. The summed E-state index contributed by atoms with van der Waals surface area (Å²) in [6.45, 7) is 0.0663. The molecule has 132 valence electrons. The lowest BCUT2D eigenvalue weighted by Gasteiger charge is -2.33. The number of anilines is 1. The van der Waals surface area contributed by atoms with Crippen LogP contribution in [0.25, 0.3) is 0 Å². The van der Waals surface area contributed by atoms with Crippen molar-refractivity contribution in [2.75, 3.05) is 12.1 Å². The van der Waals surface area contributed by atoms with Gasteiger partial charge in [0.25, 0.3) is 0 Å². The number of rotatable bonds is 2. The van der Waals surface area contributed by atoms with E-state index < -0.39 is 29.9 Å². The molecule has 3 heterocycles. The fraction of sp³-hybridized carbons (Fsp3) is 0.333. The molecule has 0 spiro atoms. The fourth-order valence-electron chi connectivity index (χ4n) is 3.03. The summed E-state index contributed by atoms with van der Waals surface area (Å²) in [7, 11) is 0. The van der Waals surface area contributed by atoms with Crippen LogP contribution >= 0.6 is 0 Å². The Morgan fingerprint density at radius 3 is 2.76 bits per heavy atom. The van der Waals surface area contributed by atoms with Crippen LogP contribution in [-0.2, 0) is 0 Å². The van der Waals surface area contributed by atoms with Gasteiger partial charge >= 0.3 is 12.1 Å². The van der Waals surface area contributed by atoms with Crippen molar-refractivity contribution in [2.45, 2.75) is 24.7 Å². The lowest BCUT2D eigenvalue weighted by Crippen LogP contribution is -2.35. The molecule has 1 aromatic heterocycles. The normalized spacial score (nSPS) is 21.6. The summed E-state index contributed by atoms with van der Waals surface area (Å²) >= 11 is 0. The summed E-state index contributed by atoms with van der Waals surface area (Å²) in [6, 6.07) is 3.41. The van der Waals surface area contributed by atoms with Crippen LogP contribution in [0, 0.1) is 0 Å². The van der Waals surface area contributed by atoms with Crippen molar-refractivity contribution in [1.82, 2.24) is 9.78 Å². The Kier molecular flexibility index (Phi) is 3.31. The number of halogens is 3. The van der Waals surface area contributed by atoms with E-state index in [4.69, 9.17) is 14.6 Å². The number of nitrogens with one attached hydrogen (secondary N) is 1. The molecule has 0 amide bonds. The van der Waals surface area contributed by atoms with Crippen molar-refractivity contribution < 1.29 is 32.5 Å². The van der Waals surface area contributed by atoms with E-state index >= 15 is 0 Å². The Labute approximate surface area is 139 Å². The SMILES string of the molecule is O=C(O)c1cc2n(n1)C(C(F)(F)F)CC(c1ccc3c(c1)OCO3)N2. The highest BCUT2D eigenvalue weighted by Crippen LogP contribution is 2.45. The maximum atomic E-state index is 13.5. The molecule has 10 heteroatoms. The Bertz CT molecular complexity index is 849. The van der Waals surface area contributed by atoms with E-state index in [2.05, 4.69) is 10.4 Å². The number of fused-ring (bicyclic) bond motifs is 2. The maximum absolute atomic E-state index is 13.5. The zero-order valence-electron chi connectivity index (χ0n) is 12.6. The Balaban J connectivity index is 1.73. The van der Waals surface area contributed by atoms with Gasteiger partial charge in [0.1, 0.15) is 5.82 Å². The first-order valence-corrected chi connectivity index (χ1v) is 7.38. The molecule has 0 fully saturated rings. The molecule has 2 aliphatic heterocycles. The first-order valence-electron chi connectivity index (χ1n) is 7.38. The molecule has 0 aliphatic carbocycles. The van der Waals surface area contributed by atoms with E-state index in [1.807, 2.05) is 0 Å². The van der Waals surface area contributed by atoms with E-state index in [0.29, 0.717) is 21.7 Å². The average molecular weight is 355 g/mol. The molecule has 2 aliphatic rings. The first kappa shape index (κ1) is 15.6. The number of carbonyl (C=O) groups is 1. The summed E-state index contributed by atoms with van der Waals surface area (Å²) in [5.74, 6) is -0.379. The third kappa shape index (κ3) is 2.63. The Morgan fingerprint density at radius 1 is 1.28 bits per heavy atom. The highest BCUT2D eigenvalue weighted by Gasteiger charge is 2.47. The molecule has 0 saturated carbocycles. The smallest absolute Gasteiger partial charge is 0.410 e. The first-order chi connectivity index (χ1) is 11.8. The number of benzene rings is 1. The van der Waals surface area contributed by atoms with Crippen LogP contribution in [0.1, 0.15) is 34.6 Å². The average Bonchev–Trinajstić information content (AvgIpc) is 3.18. The van der Waals surface area contributed by atoms with Crippen LogP contribution in [0.2, 0.25) is 0 Å². The lowest BCUT2D eigenvalue weighted by molar-refractivity contribution is -0.173. The number of aromatic nitrogens is 2. The molecular formula is C15H12F3N3O4. The molecule has 0 saturated heterocycles. The van der Waals surface area contributed by atoms with Crippen molar-refractivity contribution in [3.05, 3.63) is 35.5 Å². The minimum atomic E-state index is -4.56. The van der Waals surface area contributed by atoms with Crippen molar-refractivity contribution >= 4 is 11.8 Å². The topological polar surface area (TPSA) is 85.6 Å². The number of aromatic carboxylic acids is 1. The van der Waals surface area contributed by atoms with Crippen molar-refractivity contribution in [2.24, 2.45) is 0 Å². The second-order valence-electron chi connectivity index (χ2n) is 5.77. The van der Waals surface area contributed by atoms with Gasteiger partial charge in [-0.05, 0) is 17.7 Å². The number of hydrogen-bond donors (Lipinski definition) is 2. The van der Waals surface area contributed by atoms with Crippen LogP contribution in [0.5, 0.6) is 11.5 Å². The van der Waals surface area contributed by atoms with Crippen LogP contribution in [0.15, 0.2) is 24.3 Å². The minimum absolute atomic E-state index is 0.00800. The van der Waals surface area contributed by atoms with E-state index in [-0.39, 0.29) is 19.0 Å². The molecule has 4 rings (SSSR count). The van der Waals surface area contributed by atoms with Gasteiger partial charge in [0.15, 0.2) is 23.2 Å². The number of hydrogen-bond acceptors (Lipinski definition) is 5. The summed E-state index contributed by atoms with van der Waals surface area (Å²) in [4.78, 5) is 11.0. The predicted octanol–water partition coefficient (Wildman–Crippen LogP) is 2.97. The van der Waals surface area contributed by atoms with Gasteiger partial charge in [-0.2, -0.15) is 18.3 Å². The van der Waals surface area contributed by atoms with Crippen LogP contribution in [0.4, 0.5) is 19.0 Å². The highest BCUT2D eigenvalue weighted by atomic mass is 19.4. The number of ether oxygens (including phenoxy) is 2. The summed E-state index contributed by atoms with van der Waals surface area (Å²) in [6.07, 6.45) is -4.88. The van der Waals surface area contributed by atoms with Crippen LogP contribution < -0.4 is 14.8 Å². The number of carboxylic acid groups (broad SMARTS) is 1. The summed E-state index contributed by atoms with van der Waals surface area (Å²) in [5.41, 5.74) is 0.144. The number of carboxylic acids is 1. The minimum Gasteiger partial charge on any atom is -0.476 e. The molecule has 0 radical (unpaired) electrons. The molecule has 2 N–H and O–H groups in total. The van der Waals surface area contributed by atoms with Crippen LogP contribution in [0.3, 0.4) is 0 Å². The standard InChI is InChI=1S/C15H12F3N3O4/c16-15(17,18)12-4-8(7-1-2-10-11(3-7)25-6-24-10)19-13-5-9(14(22)23)20-21(12)13/h1-3,5,8,12,19H,4,6H2,(H,22,23). The Hall–Kier alpha value is -2.91. The largest absolute Gasteiger partial charge is 0.476 e. The predicted molar refractivity (Wildman–Crippen MR) is 77.8 cm³/mol. The molecule has 2 atom stereocenters. The number of alkyl halides is 3. The van der Waals surface area contributed by atoms with Crippen molar-refractivity contribution in [1.29, 1.82) is 0 Å². The second kappa shape index (κ2) is 5.30. The zero-order valence-corrected chi connectivity index (χ0v) is 12.6. The monoisotopic (exact) mass is 355 g/mol. The van der Waals surface area contributed by atoms with Gasteiger partial charge in [-0.1, -0.05) is 6.07 Å². The molecule has 0 bridgehead atoms. The van der Waals surface area contributed by atoms with Gasteiger partial charge in [-0.3, -0.25) is 0 Å². The lowest BCUT2D eigenvalue weighted by atomic mass is 9.96. The fourth-order valence-corrected chi connectivity index (χ4v) is 3.03. The Morgan fingerprint density at radius 2 is 2.04 bits per heavy atom. The van der Waals surface area contributed by atoms with Gasteiger partial charge in [0, 0.05) is 12.5 Å². The van der Waals surface area contributed by atoms with Gasteiger partial charge in [0.05, 0.1) is 6.04 Å². The maximum Gasteiger partial charge on any atom is 0.410 e. The molecule has 1 aromatic carbocycles. The van der Waals surface area contributed by atoms with E-state index in [0.717, 1.165) is 6.07 Å². The third-order valence-electron chi connectivity index (χ3n) is 4.21. The second-order valence-corrected chi connectivity index (χ2v) is 5.77. The molecule has 25 heavy (non-hydrogen) atoms. The van der Waals surface area contributed by atoms with Gasteiger partial charge in [-0.25, -0.2) is 9.48 Å². The van der Waals surface area contributed by atoms with E-state index in [9.17, 15) is 18.0 Å². The number of nitrogens with zero attached hydrogens (tertiary/aromatic N) is 2. The zero-order chi connectivity index (χ0) is 17.8. The molecule has 2 aromatic rings. The molecule has 7 nitrogen and oxygen atoms in total. The summed E-state index contributed by atoms with van der Waals surface area (Å²) < 4.78 is 51.5. The molecule has 2 unspecified atom stereocenters. The quantitative estimate of drug-likeness (QED) is 0.861. The van der Waals surface area contributed by atoms with E-state index in [1.54, 1.807) is 18.2 Å². The van der Waals surface area contributed by atoms with Crippen LogP contribution in [-0.4, -0.2) is 33.8 Å². The van der Waals surface area contributed by atoms with E-state index in [1.165, 1.54) is 0 Å².